The van der Waals surface area contributed by atoms with Crippen LogP contribution in [0.15, 0.2) is 72.9 Å². The number of pyridine rings is 1. The Morgan fingerprint density at radius 2 is 1.59 bits per heavy atom. The van der Waals surface area contributed by atoms with Gasteiger partial charge in [0.2, 0.25) is 0 Å². The summed E-state index contributed by atoms with van der Waals surface area (Å²) < 4.78 is 77.3. The van der Waals surface area contributed by atoms with E-state index in [1.165, 1.54) is 30.5 Å². The Bertz CT molecular complexity index is 1280. The van der Waals surface area contributed by atoms with E-state index in [0.29, 0.717) is 27.9 Å². The topological polar surface area (TPSA) is 79.3 Å². The molecular weight excluding hydrogens is 526 g/mol. The van der Waals surface area contributed by atoms with Crippen molar-refractivity contribution in [2.45, 2.75) is 37.5 Å². The SMILES string of the molecule is O=C(O)CCNC(=O)c1ccc(C=C[C@@H](CCC(F)(F)F)c2ccc(-c3ccc(C(F)(F)F)cc3)nc2)cc1. The number of rotatable bonds is 10. The zero-order valence-corrected chi connectivity index (χ0v) is 20.4. The summed E-state index contributed by atoms with van der Waals surface area (Å²) in [6.07, 6.45) is -5.70. The van der Waals surface area contributed by atoms with E-state index in [1.54, 1.807) is 36.4 Å². The van der Waals surface area contributed by atoms with Crippen molar-refractivity contribution in [3.05, 3.63) is 95.2 Å². The Kier molecular flexibility index (Phi) is 9.50. The van der Waals surface area contributed by atoms with E-state index in [4.69, 9.17) is 5.11 Å². The van der Waals surface area contributed by atoms with Gasteiger partial charge in [-0.3, -0.25) is 14.6 Å². The molecule has 0 bridgehead atoms. The number of aliphatic carboxylic acids is 1. The highest BCUT2D eigenvalue weighted by Gasteiger charge is 2.30. The number of hydrogen-bond donors (Lipinski definition) is 2. The van der Waals surface area contributed by atoms with Crippen molar-refractivity contribution >= 4 is 18.0 Å². The van der Waals surface area contributed by atoms with Crippen LogP contribution in [0.1, 0.15) is 52.2 Å². The number of amides is 1. The average molecular weight is 550 g/mol. The normalized spacial score (nSPS) is 12.9. The summed E-state index contributed by atoms with van der Waals surface area (Å²) in [4.78, 5) is 26.9. The van der Waals surface area contributed by atoms with Crippen LogP contribution in [0, 0.1) is 0 Å². The summed E-state index contributed by atoms with van der Waals surface area (Å²) in [5.41, 5.74) is 1.44. The zero-order valence-electron chi connectivity index (χ0n) is 20.4. The standard InChI is InChI=1S/C28H24F6N2O3/c29-27(30,31)15-13-19(4-1-18-2-5-21(6-3-18)26(39)35-16-14-25(37)38)22-9-12-24(36-17-22)20-7-10-23(11-8-20)28(32,33)34/h1-12,17,19H,13-16H2,(H,35,39)(H,37,38)/t19-/m0/s1. The number of halogens is 6. The molecule has 1 atom stereocenters. The maximum absolute atomic E-state index is 13.0. The molecule has 2 aromatic carbocycles. The molecule has 0 saturated heterocycles. The first kappa shape index (κ1) is 29.4. The first-order valence-corrected chi connectivity index (χ1v) is 11.8. The minimum absolute atomic E-state index is 0.0254. The van der Waals surface area contributed by atoms with Crippen LogP contribution >= 0.6 is 0 Å². The third-order valence-electron chi connectivity index (χ3n) is 5.78. The molecule has 0 spiro atoms. The third-order valence-corrected chi connectivity index (χ3v) is 5.78. The van der Waals surface area contributed by atoms with Crippen molar-refractivity contribution in [1.29, 1.82) is 0 Å². The Labute approximate surface area is 220 Å². The summed E-state index contributed by atoms with van der Waals surface area (Å²) in [5.74, 6) is -2.14. The molecule has 39 heavy (non-hydrogen) atoms. The maximum Gasteiger partial charge on any atom is 0.416 e. The molecule has 0 aliphatic carbocycles. The molecule has 3 aromatic rings. The van der Waals surface area contributed by atoms with Gasteiger partial charge in [0.05, 0.1) is 17.7 Å². The average Bonchev–Trinajstić information content (AvgIpc) is 2.88. The lowest BCUT2D eigenvalue weighted by Gasteiger charge is -2.15. The van der Waals surface area contributed by atoms with Gasteiger partial charge >= 0.3 is 18.3 Å². The fourth-order valence-corrected chi connectivity index (χ4v) is 3.68. The number of nitrogens with zero attached hydrogens (tertiary/aromatic N) is 1. The molecular formula is C28H24F6N2O3. The number of benzene rings is 2. The van der Waals surface area contributed by atoms with Gasteiger partial charge in [-0.15, -0.1) is 0 Å². The molecule has 3 rings (SSSR count). The van der Waals surface area contributed by atoms with Crippen molar-refractivity contribution in [1.82, 2.24) is 10.3 Å². The van der Waals surface area contributed by atoms with Gasteiger partial charge in [0, 0.05) is 36.2 Å². The van der Waals surface area contributed by atoms with Crippen molar-refractivity contribution in [3.8, 4) is 11.3 Å². The van der Waals surface area contributed by atoms with Crippen LogP contribution in [0.25, 0.3) is 17.3 Å². The molecule has 0 aliphatic rings. The zero-order chi connectivity index (χ0) is 28.6. The summed E-state index contributed by atoms with van der Waals surface area (Å²) >= 11 is 0. The number of nitrogens with one attached hydrogen (secondary N) is 1. The number of hydrogen-bond acceptors (Lipinski definition) is 3. The monoisotopic (exact) mass is 550 g/mol. The van der Waals surface area contributed by atoms with Crippen LogP contribution in [-0.4, -0.2) is 34.7 Å². The summed E-state index contributed by atoms with van der Waals surface area (Å²) in [6, 6.07) is 13.8. The Morgan fingerprint density at radius 1 is 0.923 bits per heavy atom. The molecule has 0 unspecified atom stereocenters. The van der Waals surface area contributed by atoms with Crippen LogP contribution in [0.2, 0.25) is 0 Å². The molecule has 1 amide bonds. The lowest BCUT2D eigenvalue weighted by atomic mass is 9.93. The van der Waals surface area contributed by atoms with Crippen LogP contribution in [0.4, 0.5) is 26.3 Å². The number of carboxylic acids is 1. The van der Waals surface area contributed by atoms with Gasteiger partial charge in [0.25, 0.3) is 5.91 Å². The molecule has 1 aromatic heterocycles. The second kappa shape index (κ2) is 12.6. The lowest BCUT2D eigenvalue weighted by Crippen LogP contribution is -2.25. The quantitative estimate of drug-likeness (QED) is 0.264. The van der Waals surface area contributed by atoms with E-state index in [-0.39, 0.29) is 19.4 Å². The Morgan fingerprint density at radius 3 is 2.13 bits per heavy atom. The molecule has 0 saturated carbocycles. The van der Waals surface area contributed by atoms with E-state index in [0.717, 1.165) is 12.1 Å². The predicted molar refractivity (Wildman–Crippen MR) is 133 cm³/mol. The molecule has 1 heterocycles. The largest absolute Gasteiger partial charge is 0.481 e. The van der Waals surface area contributed by atoms with Crippen molar-refractivity contribution in [2.24, 2.45) is 0 Å². The smallest absolute Gasteiger partial charge is 0.416 e. The minimum Gasteiger partial charge on any atom is -0.481 e. The fraction of sp³-hybridized carbons (Fsp3) is 0.250. The molecule has 0 radical (unpaired) electrons. The third kappa shape index (κ3) is 9.27. The first-order valence-electron chi connectivity index (χ1n) is 11.8. The predicted octanol–water partition coefficient (Wildman–Crippen LogP) is 7.11. The van der Waals surface area contributed by atoms with E-state index in [1.807, 2.05) is 0 Å². The van der Waals surface area contributed by atoms with Crippen molar-refractivity contribution < 1.29 is 41.0 Å². The van der Waals surface area contributed by atoms with Gasteiger partial charge in [0.1, 0.15) is 0 Å². The number of aromatic nitrogens is 1. The molecule has 11 heteroatoms. The van der Waals surface area contributed by atoms with E-state index in [2.05, 4.69) is 10.3 Å². The number of carbonyl (C=O) groups is 2. The second-order valence-corrected chi connectivity index (χ2v) is 8.69. The van der Waals surface area contributed by atoms with E-state index in [9.17, 15) is 35.9 Å². The van der Waals surface area contributed by atoms with Crippen LogP contribution < -0.4 is 5.32 Å². The van der Waals surface area contributed by atoms with Gasteiger partial charge in [0.15, 0.2) is 0 Å². The Hall–Kier alpha value is -4.15. The number of alkyl halides is 6. The van der Waals surface area contributed by atoms with Gasteiger partial charge in [-0.25, -0.2) is 0 Å². The van der Waals surface area contributed by atoms with Crippen LogP contribution in [0.5, 0.6) is 0 Å². The van der Waals surface area contributed by atoms with Crippen molar-refractivity contribution in [2.75, 3.05) is 6.54 Å². The molecule has 0 fully saturated rings. The second-order valence-electron chi connectivity index (χ2n) is 8.69. The summed E-state index contributed by atoms with van der Waals surface area (Å²) in [6.45, 7) is -0.0254. The highest BCUT2D eigenvalue weighted by molar-refractivity contribution is 5.94. The number of allylic oxidation sites excluding steroid dienone is 1. The molecule has 0 aliphatic heterocycles. The van der Waals surface area contributed by atoms with Gasteiger partial charge in [-0.05, 0) is 47.9 Å². The fourth-order valence-electron chi connectivity index (χ4n) is 3.68. The summed E-state index contributed by atoms with van der Waals surface area (Å²) in [5, 5.41) is 11.1. The minimum atomic E-state index is -4.47. The molecule has 5 nitrogen and oxygen atoms in total. The number of carbonyl (C=O) groups excluding carboxylic acids is 1. The summed E-state index contributed by atoms with van der Waals surface area (Å²) in [7, 11) is 0. The Balaban J connectivity index is 1.74. The number of carboxylic acid groups (broad SMARTS) is 1. The lowest BCUT2D eigenvalue weighted by molar-refractivity contribution is -0.138. The first-order chi connectivity index (χ1) is 18.3. The van der Waals surface area contributed by atoms with Gasteiger partial charge in [-0.2, -0.15) is 26.3 Å². The van der Waals surface area contributed by atoms with Crippen LogP contribution in [-0.2, 0) is 11.0 Å². The van der Waals surface area contributed by atoms with E-state index >= 15 is 0 Å². The maximum atomic E-state index is 13.0. The van der Waals surface area contributed by atoms with Crippen LogP contribution in [0.3, 0.4) is 0 Å². The molecule has 2 N–H and O–H groups in total. The highest BCUT2D eigenvalue weighted by atomic mass is 19.4. The van der Waals surface area contributed by atoms with Gasteiger partial charge in [-0.1, -0.05) is 42.5 Å². The molecule has 206 valence electrons. The van der Waals surface area contributed by atoms with E-state index < -0.39 is 42.1 Å². The highest BCUT2D eigenvalue weighted by Crippen LogP contribution is 2.33. The van der Waals surface area contributed by atoms with Gasteiger partial charge < -0.3 is 10.4 Å². The van der Waals surface area contributed by atoms with Crippen molar-refractivity contribution in [3.63, 3.8) is 0 Å².